The predicted octanol–water partition coefficient (Wildman–Crippen LogP) is 1.23. The lowest BCUT2D eigenvalue weighted by molar-refractivity contribution is -0.384. The topological polar surface area (TPSA) is 114 Å². The van der Waals surface area contributed by atoms with Crippen LogP contribution in [0.1, 0.15) is 18.9 Å². The van der Waals surface area contributed by atoms with Crippen molar-refractivity contribution in [2.75, 3.05) is 0 Å². The molecule has 1 aromatic carbocycles. The van der Waals surface area contributed by atoms with Crippen LogP contribution >= 0.6 is 0 Å². The number of nitrogens with one attached hydrogen (secondary N) is 1. The van der Waals surface area contributed by atoms with Gasteiger partial charge in [0.15, 0.2) is 5.75 Å². The van der Waals surface area contributed by atoms with E-state index in [1.54, 1.807) is 16.8 Å². The summed E-state index contributed by atoms with van der Waals surface area (Å²) in [7, 11) is 0. The summed E-state index contributed by atoms with van der Waals surface area (Å²) in [4.78, 5) is 33.4. The molecule has 1 aliphatic heterocycles. The van der Waals surface area contributed by atoms with Crippen LogP contribution < -0.4 is 5.32 Å². The Bertz CT molecular complexity index is 779. The van der Waals surface area contributed by atoms with Gasteiger partial charge in [-0.25, -0.2) is 0 Å². The van der Waals surface area contributed by atoms with Crippen molar-refractivity contribution < 1.29 is 19.6 Å². The summed E-state index contributed by atoms with van der Waals surface area (Å²) >= 11 is 0. The van der Waals surface area contributed by atoms with Gasteiger partial charge in [-0.3, -0.25) is 25.0 Å². The van der Waals surface area contributed by atoms with Crippen molar-refractivity contribution in [1.82, 2.24) is 9.88 Å². The van der Waals surface area contributed by atoms with Gasteiger partial charge in [0.2, 0.25) is 11.8 Å². The highest BCUT2D eigenvalue weighted by molar-refractivity contribution is 6.00. The number of carbonyl (C=O) groups excluding carboxylic acids is 2. The molecule has 1 fully saturated rings. The summed E-state index contributed by atoms with van der Waals surface area (Å²) in [5.74, 6) is -1.18. The standard InChI is InChI=1S/C13H11N3O5/c17-10-3-1-7-5-15(6-8(7)12(10)16(20)21)9-2-4-11(18)14-13(9)19/h1,3,5-6,9,17H,2,4H2,(H,14,18,19). The average Bonchev–Trinajstić information content (AvgIpc) is 2.81. The van der Waals surface area contributed by atoms with E-state index in [9.17, 15) is 24.8 Å². The number of piperidine rings is 1. The summed E-state index contributed by atoms with van der Waals surface area (Å²) < 4.78 is 1.54. The number of imide groups is 1. The Kier molecular flexibility index (Phi) is 2.86. The van der Waals surface area contributed by atoms with Gasteiger partial charge in [0.1, 0.15) is 6.04 Å². The zero-order chi connectivity index (χ0) is 15.1. The molecule has 0 spiro atoms. The molecule has 8 nitrogen and oxygen atoms in total. The fourth-order valence-corrected chi connectivity index (χ4v) is 2.55. The molecule has 21 heavy (non-hydrogen) atoms. The van der Waals surface area contributed by atoms with Gasteiger partial charge in [-0.05, 0) is 18.6 Å². The number of nitro benzene ring substituents is 1. The van der Waals surface area contributed by atoms with Crippen LogP contribution in [0.4, 0.5) is 5.69 Å². The molecular weight excluding hydrogens is 278 g/mol. The molecule has 0 radical (unpaired) electrons. The van der Waals surface area contributed by atoms with E-state index in [2.05, 4.69) is 5.32 Å². The van der Waals surface area contributed by atoms with Crippen LogP contribution in [0.3, 0.4) is 0 Å². The second kappa shape index (κ2) is 4.58. The molecule has 2 N–H and O–H groups in total. The van der Waals surface area contributed by atoms with Gasteiger partial charge in [-0.15, -0.1) is 0 Å². The van der Waals surface area contributed by atoms with Crippen molar-refractivity contribution in [2.24, 2.45) is 0 Å². The van der Waals surface area contributed by atoms with Crippen molar-refractivity contribution >= 4 is 28.3 Å². The molecule has 2 amide bonds. The van der Waals surface area contributed by atoms with E-state index in [-0.39, 0.29) is 17.7 Å². The number of phenolic OH excluding ortho intramolecular Hbond substituents is 1. The third-order valence-corrected chi connectivity index (χ3v) is 3.55. The number of fused-ring (bicyclic) bond motifs is 1. The van der Waals surface area contributed by atoms with E-state index in [4.69, 9.17) is 0 Å². The molecule has 2 heterocycles. The summed E-state index contributed by atoms with van der Waals surface area (Å²) in [6, 6.07) is 2.20. The quantitative estimate of drug-likeness (QED) is 0.490. The van der Waals surface area contributed by atoms with Crippen LogP contribution in [0.15, 0.2) is 24.5 Å². The van der Waals surface area contributed by atoms with Crippen molar-refractivity contribution in [2.45, 2.75) is 18.9 Å². The number of amides is 2. The molecule has 2 aromatic rings. The van der Waals surface area contributed by atoms with Gasteiger partial charge >= 0.3 is 5.69 Å². The normalized spacial score (nSPS) is 18.8. The van der Waals surface area contributed by atoms with Crippen molar-refractivity contribution in [1.29, 1.82) is 0 Å². The van der Waals surface area contributed by atoms with Crippen molar-refractivity contribution in [3.05, 3.63) is 34.6 Å². The molecule has 1 aromatic heterocycles. The number of hydrogen-bond donors (Lipinski definition) is 2. The molecule has 108 valence electrons. The zero-order valence-corrected chi connectivity index (χ0v) is 10.8. The van der Waals surface area contributed by atoms with Gasteiger partial charge < -0.3 is 9.67 Å². The highest BCUT2D eigenvalue weighted by Crippen LogP contribution is 2.36. The monoisotopic (exact) mass is 289 g/mol. The van der Waals surface area contributed by atoms with Crippen LogP contribution in [0.2, 0.25) is 0 Å². The van der Waals surface area contributed by atoms with Crippen LogP contribution in [-0.4, -0.2) is 26.4 Å². The Balaban J connectivity index is 2.09. The molecule has 1 saturated heterocycles. The first-order valence-corrected chi connectivity index (χ1v) is 6.28. The maximum Gasteiger partial charge on any atom is 0.319 e. The Morgan fingerprint density at radius 1 is 1.33 bits per heavy atom. The van der Waals surface area contributed by atoms with Crippen LogP contribution in [0.25, 0.3) is 10.8 Å². The summed E-state index contributed by atoms with van der Waals surface area (Å²) in [6.45, 7) is 0. The fraction of sp³-hybridized carbons (Fsp3) is 0.231. The van der Waals surface area contributed by atoms with Gasteiger partial charge in [-0.2, -0.15) is 0 Å². The Labute approximate surface area is 118 Å². The summed E-state index contributed by atoms with van der Waals surface area (Å²) in [6.07, 6.45) is 3.61. The minimum atomic E-state index is -0.660. The number of benzene rings is 1. The predicted molar refractivity (Wildman–Crippen MR) is 71.7 cm³/mol. The Morgan fingerprint density at radius 2 is 2.10 bits per heavy atom. The van der Waals surface area contributed by atoms with Crippen LogP contribution in [0.5, 0.6) is 5.75 Å². The Morgan fingerprint density at radius 3 is 2.76 bits per heavy atom. The van der Waals surface area contributed by atoms with E-state index < -0.39 is 28.3 Å². The van der Waals surface area contributed by atoms with E-state index in [1.165, 1.54) is 12.3 Å². The van der Waals surface area contributed by atoms with Gasteiger partial charge in [0, 0.05) is 24.2 Å². The molecule has 0 saturated carbocycles. The second-order valence-corrected chi connectivity index (χ2v) is 4.87. The van der Waals surface area contributed by atoms with Crippen molar-refractivity contribution in [3.63, 3.8) is 0 Å². The Hall–Kier alpha value is -2.90. The average molecular weight is 289 g/mol. The molecule has 3 rings (SSSR count). The minimum absolute atomic E-state index is 0.221. The number of aromatic hydroxyl groups is 1. The van der Waals surface area contributed by atoms with Gasteiger partial charge in [0.25, 0.3) is 0 Å². The lowest BCUT2D eigenvalue weighted by Crippen LogP contribution is -2.41. The first kappa shape index (κ1) is 13.1. The lowest BCUT2D eigenvalue weighted by atomic mass is 10.1. The summed E-state index contributed by atoms with van der Waals surface area (Å²) in [5, 5.41) is 23.7. The smallest absolute Gasteiger partial charge is 0.319 e. The third kappa shape index (κ3) is 2.10. The number of phenols is 1. The highest BCUT2D eigenvalue weighted by atomic mass is 16.6. The van der Waals surface area contributed by atoms with Crippen LogP contribution in [-0.2, 0) is 9.59 Å². The SMILES string of the molecule is O=C1CCC(n2cc3ccc(O)c([N+](=O)[O-])c3c2)C(=O)N1. The largest absolute Gasteiger partial charge is 0.502 e. The zero-order valence-electron chi connectivity index (χ0n) is 10.8. The number of aromatic nitrogens is 1. The number of hydrogen-bond acceptors (Lipinski definition) is 5. The summed E-state index contributed by atoms with van der Waals surface area (Å²) in [5.41, 5.74) is -0.390. The number of nitrogens with zero attached hydrogens (tertiary/aromatic N) is 2. The van der Waals surface area contributed by atoms with E-state index in [1.807, 2.05) is 0 Å². The van der Waals surface area contributed by atoms with Gasteiger partial charge in [0.05, 0.1) is 10.3 Å². The molecule has 1 unspecified atom stereocenters. The molecule has 0 bridgehead atoms. The molecule has 1 aliphatic rings. The first-order chi connectivity index (χ1) is 9.97. The lowest BCUT2D eigenvalue weighted by Gasteiger charge is -2.21. The van der Waals surface area contributed by atoms with E-state index >= 15 is 0 Å². The van der Waals surface area contributed by atoms with E-state index in [0.29, 0.717) is 11.8 Å². The van der Waals surface area contributed by atoms with Crippen molar-refractivity contribution in [3.8, 4) is 5.75 Å². The van der Waals surface area contributed by atoms with Gasteiger partial charge in [-0.1, -0.05) is 0 Å². The maximum absolute atomic E-state index is 11.8. The first-order valence-electron chi connectivity index (χ1n) is 6.28. The molecule has 0 aliphatic carbocycles. The number of carbonyl (C=O) groups is 2. The number of nitro groups is 1. The fourth-order valence-electron chi connectivity index (χ4n) is 2.55. The van der Waals surface area contributed by atoms with Crippen LogP contribution in [0, 0.1) is 10.1 Å². The highest BCUT2D eigenvalue weighted by Gasteiger charge is 2.29. The third-order valence-electron chi connectivity index (χ3n) is 3.55. The molecule has 8 heteroatoms. The molecule has 1 atom stereocenters. The number of rotatable bonds is 2. The molecular formula is C13H11N3O5. The maximum atomic E-state index is 11.8. The van der Waals surface area contributed by atoms with E-state index in [0.717, 1.165) is 0 Å². The second-order valence-electron chi connectivity index (χ2n) is 4.87. The minimum Gasteiger partial charge on any atom is -0.502 e.